The molecule has 0 spiro atoms. The highest BCUT2D eigenvalue weighted by molar-refractivity contribution is 6.02. The number of hydrogen-bond donors (Lipinski definition) is 1. The van der Waals surface area contributed by atoms with Crippen molar-refractivity contribution in [1.29, 1.82) is 0 Å². The average molecular weight is 266 g/mol. The number of carbonyl (C=O) groups excluding carboxylic acids is 2. The Bertz CT molecular complexity index is 653. The Labute approximate surface area is 117 Å². The molecule has 0 bridgehead atoms. The molecular weight excluding hydrogens is 252 g/mol. The molecule has 20 heavy (non-hydrogen) atoms. The number of fused-ring (bicyclic) bond motifs is 1. The minimum atomic E-state index is -0.183. The van der Waals surface area contributed by atoms with Gasteiger partial charge in [-0.1, -0.05) is 36.4 Å². The van der Waals surface area contributed by atoms with Crippen LogP contribution in [0.25, 0.3) is 0 Å². The number of nitrogens with one attached hydrogen (secondary N) is 1. The van der Waals surface area contributed by atoms with Gasteiger partial charge in [-0.2, -0.15) is 0 Å². The van der Waals surface area contributed by atoms with Crippen molar-refractivity contribution in [2.45, 2.75) is 6.54 Å². The van der Waals surface area contributed by atoms with Crippen LogP contribution in [0.4, 0.5) is 5.69 Å². The summed E-state index contributed by atoms with van der Waals surface area (Å²) in [4.78, 5) is 25.6. The first-order valence-electron chi connectivity index (χ1n) is 6.46. The number of carbonyl (C=O) groups is 2. The summed E-state index contributed by atoms with van der Waals surface area (Å²) in [5.41, 5.74) is 2.41. The van der Waals surface area contributed by atoms with E-state index in [-0.39, 0.29) is 18.4 Å². The fraction of sp³-hybridized carbons (Fsp3) is 0.125. The van der Waals surface area contributed by atoms with Gasteiger partial charge >= 0.3 is 0 Å². The molecule has 100 valence electrons. The molecule has 0 fully saturated rings. The Balaban J connectivity index is 1.65. The zero-order valence-corrected chi connectivity index (χ0v) is 10.9. The van der Waals surface area contributed by atoms with Crippen molar-refractivity contribution >= 4 is 17.5 Å². The number of nitrogens with zero attached hydrogens (tertiary/aromatic N) is 1. The molecule has 1 N–H and O–H groups in total. The Morgan fingerprint density at radius 2 is 1.75 bits per heavy atom. The molecular formula is C16H14N2O2. The van der Waals surface area contributed by atoms with Crippen LogP contribution >= 0.6 is 0 Å². The van der Waals surface area contributed by atoms with Crippen molar-refractivity contribution in [1.82, 2.24) is 4.90 Å². The lowest BCUT2D eigenvalue weighted by Crippen LogP contribution is -2.33. The Morgan fingerprint density at radius 1 is 1.05 bits per heavy atom. The number of benzene rings is 2. The molecule has 0 unspecified atom stereocenters. The van der Waals surface area contributed by atoms with Crippen molar-refractivity contribution in [3.63, 3.8) is 0 Å². The summed E-state index contributed by atoms with van der Waals surface area (Å²) in [7, 11) is 0. The molecule has 0 aliphatic carbocycles. The van der Waals surface area contributed by atoms with E-state index in [1.165, 1.54) is 0 Å². The van der Waals surface area contributed by atoms with Crippen molar-refractivity contribution < 1.29 is 9.59 Å². The summed E-state index contributed by atoms with van der Waals surface area (Å²) in [5.74, 6) is -0.263. The molecule has 3 rings (SSSR count). The Morgan fingerprint density at radius 3 is 2.50 bits per heavy atom. The van der Waals surface area contributed by atoms with Gasteiger partial charge in [0.25, 0.3) is 5.91 Å². The molecule has 0 aromatic heterocycles. The number of amides is 2. The van der Waals surface area contributed by atoms with Gasteiger partial charge in [-0.25, -0.2) is 0 Å². The summed E-state index contributed by atoms with van der Waals surface area (Å²) in [5, 5.41) is 2.78. The van der Waals surface area contributed by atoms with Crippen LogP contribution in [0.2, 0.25) is 0 Å². The molecule has 2 aromatic rings. The zero-order valence-electron chi connectivity index (χ0n) is 10.9. The second-order valence-electron chi connectivity index (χ2n) is 4.73. The normalized spacial score (nSPS) is 13.2. The highest BCUT2D eigenvalue weighted by Crippen LogP contribution is 2.21. The SMILES string of the molecule is O=C(CN1Cc2ccccc2C1=O)Nc1ccccc1. The summed E-state index contributed by atoms with van der Waals surface area (Å²) in [6.45, 7) is 0.569. The maximum Gasteiger partial charge on any atom is 0.254 e. The summed E-state index contributed by atoms with van der Waals surface area (Å²) in [6.07, 6.45) is 0. The van der Waals surface area contributed by atoms with Crippen molar-refractivity contribution in [3.8, 4) is 0 Å². The van der Waals surface area contributed by atoms with E-state index in [1.807, 2.05) is 48.5 Å². The molecule has 0 atom stereocenters. The molecule has 0 radical (unpaired) electrons. The molecule has 1 heterocycles. The third-order valence-electron chi connectivity index (χ3n) is 3.29. The maximum atomic E-state index is 12.1. The monoisotopic (exact) mass is 266 g/mol. The van der Waals surface area contributed by atoms with Crippen molar-refractivity contribution in [2.75, 3.05) is 11.9 Å². The van der Waals surface area contributed by atoms with E-state index >= 15 is 0 Å². The van der Waals surface area contributed by atoms with Crippen molar-refractivity contribution in [3.05, 3.63) is 65.7 Å². The van der Waals surface area contributed by atoms with Crippen LogP contribution in [0.1, 0.15) is 15.9 Å². The zero-order chi connectivity index (χ0) is 13.9. The lowest BCUT2D eigenvalue weighted by molar-refractivity contribution is -0.116. The lowest BCUT2D eigenvalue weighted by Gasteiger charge is -2.15. The molecule has 1 aliphatic rings. The van der Waals surface area contributed by atoms with Gasteiger partial charge < -0.3 is 10.2 Å². The summed E-state index contributed by atoms with van der Waals surface area (Å²) in [6, 6.07) is 16.7. The first kappa shape index (κ1) is 12.4. The smallest absolute Gasteiger partial charge is 0.254 e. The number of anilines is 1. The largest absolute Gasteiger partial charge is 0.325 e. The average Bonchev–Trinajstić information content (AvgIpc) is 2.77. The van der Waals surface area contributed by atoms with E-state index in [0.29, 0.717) is 12.1 Å². The van der Waals surface area contributed by atoms with Gasteiger partial charge in [-0.05, 0) is 23.8 Å². The lowest BCUT2D eigenvalue weighted by atomic mass is 10.1. The fourth-order valence-corrected chi connectivity index (χ4v) is 2.34. The highest BCUT2D eigenvalue weighted by Gasteiger charge is 2.28. The van der Waals surface area contributed by atoms with Gasteiger partial charge in [-0.3, -0.25) is 9.59 Å². The standard InChI is InChI=1S/C16H14N2O2/c19-15(17-13-7-2-1-3-8-13)11-18-10-12-6-4-5-9-14(12)16(18)20/h1-9H,10-11H2,(H,17,19). The van der Waals surface area contributed by atoms with E-state index < -0.39 is 0 Å². The topological polar surface area (TPSA) is 49.4 Å². The number of rotatable bonds is 3. The van der Waals surface area contributed by atoms with Crippen molar-refractivity contribution in [2.24, 2.45) is 0 Å². The molecule has 1 aliphatic heterocycles. The third kappa shape index (κ3) is 2.40. The van der Waals surface area contributed by atoms with Crippen LogP contribution in [0.15, 0.2) is 54.6 Å². The molecule has 4 nitrogen and oxygen atoms in total. The second-order valence-corrected chi connectivity index (χ2v) is 4.73. The molecule has 2 amide bonds. The second kappa shape index (κ2) is 5.17. The predicted octanol–water partition coefficient (Wildman–Crippen LogP) is 2.28. The molecule has 0 saturated heterocycles. The fourth-order valence-electron chi connectivity index (χ4n) is 2.34. The minimum Gasteiger partial charge on any atom is -0.325 e. The van der Waals surface area contributed by atoms with Crippen LogP contribution in [-0.4, -0.2) is 23.3 Å². The Kier molecular flexibility index (Phi) is 3.21. The number of hydrogen-bond acceptors (Lipinski definition) is 2. The van der Waals surface area contributed by atoms with Crippen LogP contribution in [0.5, 0.6) is 0 Å². The maximum absolute atomic E-state index is 12.1. The molecule has 0 saturated carbocycles. The Hall–Kier alpha value is -2.62. The van der Waals surface area contributed by atoms with Gasteiger partial charge in [0.2, 0.25) is 5.91 Å². The van der Waals surface area contributed by atoms with Crippen LogP contribution in [-0.2, 0) is 11.3 Å². The van der Waals surface area contributed by atoms with E-state index in [1.54, 1.807) is 11.0 Å². The molecule has 4 heteroatoms. The van der Waals surface area contributed by atoms with E-state index in [4.69, 9.17) is 0 Å². The van der Waals surface area contributed by atoms with Crippen LogP contribution < -0.4 is 5.32 Å². The minimum absolute atomic E-state index is 0.0718. The quantitative estimate of drug-likeness (QED) is 0.926. The number of para-hydroxylation sites is 1. The summed E-state index contributed by atoms with van der Waals surface area (Å²) < 4.78 is 0. The van der Waals surface area contributed by atoms with Crippen LogP contribution in [0.3, 0.4) is 0 Å². The molecule has 2 aromatic carbocycles. The van der Waals surface area contributed by atoms with E-state index in [9.17, 15) is 9.59 Å². The third-order valence-corrected chi connectivity index (χ3v) is 3.29. The summed E-state index contributed by atoms with van der Waals surface area (Å²) >= 11 is 0. The van der Waals surface area contributed by atoms with E-state index in [2.05, 4.69) is 5.32 Å². The van der Waals surface area contributed by atoms with Gasteiger partial charge in [0.15, 0.2) is 0 Å². The van der Waals surface area contributed by atoms with Gasteiger partial charge in [-0.15, -0.1) is 0 Å². The van der Waals surface area contributed by atoms with Crippen LogP contribution in [0, 0.1) is 0 Å². The van der Waals surface area contributed by atoms with Gasteiger partial charge in [0.05, 0.1) is 0 Å². The predicted molar refractivity (Wildman–Crippen MR) is 76.3 cm³/mol. The first-order chi connectivity index (χ1) is 9.74. The van der Waals surface area contributed by atoms with Gasteiger partial charge in [0.1, 0.15) is 6.54 Å². The van der Waals surface area contributed by atoms with Gasteiger partial charge in [0, 0.05) is 17.8 Å². The van der Waals surface area contributed by atoms with E-state index in [0.717, 1.165) is 11.3 Å². The first-order valence-corrected chi connectivity index (χ1v) is 6.46. The highest BCUT2D eigenvalue weighted by atomic mass is 16.2.